The van der Waals surface area contributed by atoms with Gasteiger partial charge in [0.05, 0.1) is 6.61 Å². The van der Waals surface area contributed by atoms with Gasteiger partial charge in [-0.2, -0.15) is 4.57 Å². The molecule has 1 rings (SSSR count). The smallest absolute Gasteiger partial charge is 0.316 e. The number of aryl methyl sites for hydroxylation is 1. The molecule has 0 unspecified atom stereocenters. The Morgan fingerprint density at radius 3 is 3.00 bits per heavy atom. The Kier molecular flexibility index (Phi) is 3.40. The number of carbonyl (C=O) groups is 1. The molecule has 0 radical (unpaired) electrons. The van der Waals surface area contributed by atoms with Crippen LogP contribution in [0.1, 0.15) is 10.5 Å². The predicted molar refractivity (Wildman–Crippen MR) is 47.0 cm³/mol. The number of rotatable bonds is 3. The summed E-state index contributed by atoms with van der Waals surface area (Å²) in [4.78, 5) is 11.4. The Labute approximate surface area is 76.8 Å². The van der Waals surface area contributed by atoms with Gasteiger partial charge in [-0.3, -0.25) is 4.79 Å². The van der Waals surface area contributed by atoms with Crippen molar-refractivity contribution in [3.05, 3.63) is 30.1 Å². The van der Waals surface area contributed by atoms with Crippen LogP contribution in [0.3, 0.4) is 0 Å². The Morgan fingerprint density at radius 2 is 2.38 bits per heavy atom. The van der Waals surface area contributed by atoms with Crippen LogP contribution >= 0.6 is 0 Å². The monoisotopic (exact) mass is 181 g/mol. The van der Waals surface area contributed by atoms with Crippen LogP contribution in [0.5, 0.6) is 0 Å². The van der Waals surface area contributed by atoms with Crippen LogP contribution in [0, 0.1) is 0 Å². The van der Waals surface area contributed by atoms with Crippen LogP contribution < -0.4 is 9.88 Å². The lowest BCUT2D eigenvalue weighted by atomic mass is 10.3. The molecule has 4 nitrogen and oxygen atoms in total. The topological polar surface area (TPSA) is 53.2 Å². The van der Waals surface area contributed by atoms with E-state index in [0.29, 0.717) is 5.69 Å². The van der Waals surface area contributed by atoms with Crippen molar-refractivity contribution in [2.24, 2.45) is 7.05 Å². The van der Waals surface area contributed by atoms with Gasteiger partial charge in [-0.05, 0) is 6.07 Å². The standard InChI is InChI=1S/C9H12N2O2/c1-11-6-3-2-4-8(11)9(13)10-5-7-12/h2-4,6,12H,5,7H2,1H3/p+1. The van der Waals surface area contributed by atoms with Crippen LogP contribution in [-0.2, 0) is 7.05 Å². The van der Waals surface area contributed by atoms with E-state index in [9.17, 15) is 4.79 Å². The van der Waals surface area contributed by atoms with Gasteiger partial charge in [0.1, 0.15) is 7.05 Å². The summed E-state index contributed by atoms with van der Waals surface area (Å²) >= 11 is 0. The number of nitrogens with one attached hydrogen (secondary N) is 1. The summed E-state index contributed by atoms with van der Waals surface area (Å²) in [7, 11) is 1.80. The molecule has 0 aliphatic carbocycles. The maximum atomic E-state index is 11.4. The third-order valence-electron chi connectivity index (χ3n) is 1.68. The summed E-state index contributed by atoms with van der Waals surface area (Å²) in [6.07, 6.45) is 1.80. The fourth-order valence-electron chi connectivity index (χ4n) is 1.02. The van der Waals surface area contributed by atoms with Gasteiger partial charge < -0.3 is 10.4 Å². The second-order valence-electron chi connectivity index (χ2n) is 2.68. The van der Waals surface area contributed by atoms with Crippen molar-refractivity contribution in [3.8, 4) is 0 Å². The first-order valence-corrected chi connectivity index (χ1v) is 4.09. The highest BCUT2D eigenvalue weighted by atomic mass is 16.3. The van der Waals surface area contributed by atoms with Gasteiger partial charge in [-0.1, -0.05) is 0 Å². The summed E-state index contributed by atoms with van der Waals surface area (Å²) in [5.74, 6) is -0.169. The quantitative estimate of drug-likeness (QED) is 0.602. The third kappa shape index (κ3) is 2.52. The zero-order valence-electron chi connectivity index (χ0n) is 7.53. The van der Waals surface area contributed by atoms with E-state index in [4.69, 9.17) is 5.11 Å². The van der Waals surface area contributed by atoms with Crippen LogP contribution in [0.25, 0.3) is 0 Å². The first kappa shape index (κ1) is 9.67. The summed E-state index contributed by atoms with van der Waals surface area (Å²) in [5, 5.41) is 11.1. The minimum atomic E-state index is -0.169. The van der Waals surface area contributed by atoms with Gasteiger partial charge in [-0.15, -0.1) is 0 Å². The number of aliphatic hydroxyl groups is 1. The molecule has 13 heavy (non-hydrogen) atoms. The fraction of sp³-hybridized carbons (Fsp3) is 0.333. The van der Waals surface area contributed by atoms with Crippen LogP contribution in [0.15, 0.2) is 24.4 Å². The van der Waals surface area contributed by atoms with Gasteiger partial charge in [0.2, 0.25) is 0 Å². The SMILES string of the molecule is C[n+]1ccccc1C(=O)NCCO. The first-order chi connectivity index (χ1) is 6.25. The van der Waals surface area contributed by atoms with E-state index in [1.807, 2.05) is 6.07 Å². The first-order valence-electron chi connectivity index (χ1n) is 4.09. The number of hydrogen-bond acceptors (Lipinski definition) is 2. The molecule has 0 aliphatic heterocycles. The van der Waals surface area contributed by atoms with Gasteiger partial charge in [-0.25, -0.2) is 0 Å². The number of amides is 1. The molecule has 1 aromatic heterocycles. The molecule has 0 saturated heterocycles. The highest BCUT2D eigenvalue weighted by Gasteiger charge is 2.13. The van der Waals surface area contributed by atoms with Crippen LogP contribution in [0.4, 0.5) is 0 Å². The zero-order chi connectivity index (χ0) is 9.68. The van der Waals surface area contributed by atoms with Crippen LogP contribution in [-0.4, -0.2) is 24.2 Å². The minimum Gasteiger partial charge on any atom is -0.395 e. The van der Waals surface area contributed by atoms with E-state index in [-0.39, 0.29) is 19.1 Å². The van der Waals surface area contributed by atoms with Crippen molar-refractivity contribution < 1.29 is 14.5 Å². The molecule has 70 valence electrons. The fourth-order valence-corrected chi connectivity index (χ4v) is 1.02. The molecule has 0 aliphatic rings. The molecule has 2 N–H and O–H groups in total. The van der Waals surface area contributed by atoms with Crippen molar-refractivity contribution in [2.45, 2.75) is 0 Å². The van der Waals surface area contributed by atoms with E-state index in [1.54, 1.807) is 29.9 Å². The number of nitrogens with zero attached hydrogens (tertiary/aromatic N) is 1. The van der Waals surface area contributed by atoms with E-state index in [1.165, 1.54) is 0 Å². The lowest BCUT2D eigenvalue weighted by molar-refractivity contribution is -0.673. The number of aromatic nitrogens is 1. The van der Waals surface area contributed by atoms with E-state index >= 15 is 0 Å². The van der Waals surface area contributed by atoms with E-state index in [0.717, 1.165) is 0 Å². The summed E-state index contributed by atoms with van der Waals surface area (Å²) in [5.41, 5.74) is 0.580. The predicted octanol–water partition coefficient (Wildman–Crippen LogP) is -0.767. The Morgan fingerprint density at radius 1 is 1.62 bits per heavy atom. The van der Waals surface area contributed by atoms with Crippen molar-refractivity contribution in [1.82, 2.24) is 5.32 Å². The van der Waals surface area contributed by atoms with E-state index in [2.05, 4.69) is 5.32 Å². The normalized spacial score (nSPS) is 9.69. The molecule has 1 amide bonds. The highest BCUT2D eigenvalue weighted by molar-refractivity contribution is 5.90. The van der Waals surface area contributed by atoms with Crippen molar-refractivity contribution in [3.63, 3.8) is 0 Å². The molecule has 1 heterocycles. The van der Waals surface area contributed by atoms with Gasteiger partial charge in [0.15, 0.2) is 6.20 Å². The van der Waals surface area contributed by atoms with Gasteiger partial charge in [0.25, 0.3) is 5.69 Å². The molecule has 0 spiro atoms. The largest absolute Gasteiger partial charge is 0.395 e. The molecule has 0 aromatic carbocycles. The summed E-state index contributed by atoms with van der Waals surface area (Å²) in [6, 6.07) is 5.38. The summed E-state index contributed by atoms with van der Waals surface area (Å²) < 4.78 is 1.73. The second kappa shape index (κ2) is 4.57. The molecular weight excluding hydrogens is 168 g/mol. The zero-order valence-corrected chi connectivity index (χ0v) is 7.53. The van der Waals surface area contributed by atoms with Gasteiger partial charge in [0, 0.05) is 18.7 Å². The van der Waals surface area contributed by atoms with Gasteiger partial charge >= 0.3 is 5.91 Å². The number of pyridine rings is 1. The second-order valence-corrected chi connectivity index (χ2v) is 2.68. The Hall–Kier alpha value is -1.42. The number of carbonyl (C=O) groups excluding carboxylic acids is 1. The lowest BCUT2D eigenvalue weighted by Gasteiger charge is -2.00. The Balaban J connectivity index is 2.71. The van der Waals surface area contributed by atoms with Crippen LogP contribution in [0.2, 0.25) is 0 Å². The molecule has 1 aromatic rings. The minimum absolute atomic E-state index is 0.0394. The molecule has 4 heteroatoms. The molecule has 0 atom stereocenters. The molecule has 0 saturated carbocycles. The molecule has 0 bridgehead atoms. The van der Waals surface area contributed by atoms with Crippen molar-refractivity contribution in [2.75, 3.05) is 13.2 Å². The number of aliphatic hydroxyl groups excluding tert-OH is 1. The maximum absolute atomic E-state index is 11.4. The van der Waals surface area contributed by atoms with E-state index < -0.39 is 0 Å². The number of hydrogen-bond donors (Lipinski definition) is 2. The average Bonchev–Trinajstić information content (AvgIpc) is 2.15. The Bertz CT molecular complexity index is 299. The van der Waals surface area contributed by atoms with Crippen molar-refractivity contribution >= 4 is 5.91 Å². The molecular formula is C9H13N2O2+. The lowest BCUT2D eigenvalue weighted by Crippen LogP contribution is -2.40. The third-order valence-corrected chi connectivity index (χ3v) is 1.68. The molecule has 0 fully saturated rings. The maximum Gasteiger partial charge on any atom is 0.316 e. The highest BCUT2D eigenvalue weighted by Crippen LogP contribution is 1.89. The average molecular weight is 181 g/mol. The van der Waals surface area contributed by atoms with Crippen molar-refractivity contribution in [1.29, 1.82) is 0 Å². The summed E-state index contributed by atoms with van der Waals surface area (Å²) in [6.45, 7) is 0.246.